The number of hydrogen-bond acceptors (Lipinski definition) is 3. The van der Waals surface area contributed by atoms with Gasteiger partial charge in [0.05, 0.1) is 12.3 Å². The molecule has 1 unspecified atom stereocenters. The summed E-state index contributed by atoms with van der Waals surface area (Å²) in [4.78, 5) is 0. The van der Waals surface area contributed by atoms with Gasteiger partial charge in [-0.05, 0) is 36.5 Å². The molecule has 1 aliphatic heterocycles. The van der Waals surface area contributed by atoms with Crippen LogP contribution in [-0.2, 0) is 29.6 Å². The molecule has 2 heterocycles. The highest BCUT2D eigenvalue weighted by Gasteiger charge is 2.31. The van der Waals surface area contributed by atoms with Crippen molar-refractivity contribution < 1.29 is 12.8 Å². The van der Waals surface area contributed by atoms with Crippen LogP contribution in [0.15, 0.2) is 41.0 Å². The molecule has 0 saturated heterocycles. The lowest BCUT2D eigenvalue weighted by Gasteiger charge is -2.31. The SMILES string of the molecule is O=S(=O)(NC1CCCc2occc21)N1CCc2ccccc2C1. The number of benzene rings is 1. The number of rotatable bonds is 3. The highest BCUT2D eigenvalue weighted by Crippen LogP contribution is 2.31. The Morgan fingerprint density at radius 3 is 2.83 bits per heavy atom. The third-order valence-corrected chi connectivity index (χ3v) is 6.35. The van der Waals surface area contributed by atoms with E-state index in [9.17, 15) is 8.42 Å². The van der Waals surface area contributed by atoms with Crippen molar-refractivity contribution in [3.05, 3.63) is 59.0 Å². The molecule has 0 amide bonds. The first-order valence-electron chi connectivity index (χ1n) is 8.04. The zero-order valence-corrected chi connectivity index (χ0v) is 13.7. The first-order valence-corrected chi connectivity index (χ1v) is 9.48. The molecule has 5 nitrogen and oxygen atoms in total. The van der Waals surface area contributed by atoms with Crippen LogP contribution in [0.2, 0.25) is 0 Å². The molecule has 1 aliphatic carbocycles. The van der Waals surface area contributed by atoms with Crippen molar-refractivity contribution in [3.63, 3.8) is 0 Å². The largest absolute Gasteiger partial charge is 0.469 e. The Kier molecular flexibility index (Phi) is 3.75. The fraction of sp³-hybridized carbons (Fsp3) is 0.412. The van der Waals surface area contributed by atoms with Gasteiger partial charge in [-0.2, -0.15) is 17.4 Å². The lowest BCUT2D eigenvalue weighted by molar-refractivity contribution is 0.371. The highest BCUT2D eigenvalue weighted by molar-refractivity contribution is 7.87. The Morgan fingerprint density at radius 2 is 1.96 bits per heavy atom. The maximum absolute atomic E-state index is 12.8. The van der Waals surface area contributed by atoms with Crippen molar-refractivity contribution in [2.24, 2.45) is 0 Å². The minimum atomic E-state index is -3.50. The summed E-state index contributed by atoms with van der Waals surface area (Å²) in [7, 11) is -3.50. The van der Waals surface area contributed by atoms with Crippen LogP contribution in [0.25, 0.3) is 0 Å². The molecular formula is C17H20N2O3S. The summed E-state index contributed by atoms with van der Waals surface area (Å²) in [5.74, 6) is 0.910. The zero-order chi connectivity index (χ0) is 15.9. The number of aryl methyl sites for hydroxylation is 1. The number of nitrogens with one attached hydrogen (secondary N) is 1. The van der Waals surface area contributed by atoms with Crippen molar-refractivity contribution in [1.82, 2.24) is 9.03 Å². The van der Waals surface area contributed by atoms with Gasteiger partial charge in [0.2, 0.25) is 0 Å². The minimum Gasteiger partial charge on any atom is -0.469 e. The number of fused-ring (bicyclic) bond motifs is 2. The molecule has 122 valence electrons. The van der Waals surface area contributed by atoms with Crippen LogP contribution >= 0.6 is 0 Å². The van der Waals surface area contributed by atoms with E-state index in [0.29, 0.717) is 13.1 Å². The summed E-state index contributed by atoms with van der Waals surface area (Å²) in [5.41, 5.74) is 3.32. The van der Waals surface area contributed by atoms with Crippen LogP contribution in [0.1, 0.15) is 41.3 Å². The highest BCUT2D eigenvalue weighted by atomic mass is 32.2. The molecule has 0 saturated carbocycles. The molecular weight excluding hydrogens is 312 g/mol. The maximum Gasteiger partial charge on any atom is 0.280 e. The Balaban J connectivity index is 1.54. The molecule has 0 fully saturated rings. The number of nitrogens with zero attached hydrogens (tertiary/aromatic N) is 1. The van der Waals surface area contributed by atoms with E-state index in [0.717, 1.165) is 42.6 Å². The number of furan rings is 1. The smallest absolute Gasteiger partial charge is 0.280 e. The second kappa shape index (κ2) is 5.78. The van der Waals surface area contributed by atoms with E-state index in [2.05, 4.69) is 10.8 Å². The van der Waals surface area contributed by atoms with E-state index in [-0.39, 0.29) is 6.04 Å². The van der Waals surface area contributed by atoms with Crippen LogP contribution in [0.3, 0.4) is 0 Å². The van der Waals surface area contributed by atoms with Crippen molar-refractivity contribution in [2.45, 2.75) is 38.3 Å². The summed E-state index contributed by atoms with van der Waals surface area (Å²) in [6, 6.07) is 9.75. The molecule has 1 N–H and O–H groups in total. The standard InChI is InChI=1S/C17H20N2O3S/c20-23(21,18-16-6-3-7-17-15(16)9-11-22-17)19-10-8-13-4-1-2-5-14(13)12-19/h1-2,4-5,9,11,16,18H,3,6-8,10,12H2. The van der Waals surface area contributed by atoms with Crippen LogP contribution in [0, 0.1) is 0 Å². The molecule has 1 aromatic carbocycles. The molecule has 6 heteroatoms. The van der Waals surface area contributed by atoms with Crippen LogP contribution in [0.5, 0.6) is 0 Å². The van der Waals surface area contributed by atoms with E-state index in [1.165, 1.54) is 5.56 Å². The molecule has 4 rings (SSSR count). The molecule has 0 spiro atoms. The normalized spacial score (nSPS) is 21.7. The Hall–Kier alpha value is -1.63. The van der Waals surface area contributed by atoms with Crippen molar-refractivity contribution in [3.8, 4) is 0 Å². The molecule has 1 aromatic heterocycles. The minimum absolute atomic E-state index is 0.181. The zero-order valence-electron chi connectivity index (χ0n) is 12.9. The van der Waals surface area contributed by atoms with Crippen LogP contribution in [0.4, 0.5) is 0 Å². The predicted molar refractivity (Wildman–Crippen MR) is 87.0 cm³/mol. The molecule has 0 radical (unpaired) electrons. The lowest BCUT2D eigenvalue weighted by Crippen LogP contribution is -2.45. The van der Waals surface area contributed by atoms with E-state index in [4.69, 9.17) is 4.42 Å². The monoisotopic (exact) mass is 332 g/mol. The van der Waals surface area contributed by atoms with E-state index in [1.54, 1.807) is 10.6 Å². The predicted octanol–water partition coefficient (Wildman–Crippen LogP) is 2.55. The fourth-order valence-corrected chi connectivity index (χ4v) is 4.93. The third kappa shape index (κ3) is 2.82. The van der Waals surface area contributed by atoms with Gasteiger partial charge in [0.25, 0.3) is 10.2 Å². The third-order valence-electron chi connectivity index (χ3n) is 4.78. The first kappa shape index (κ1) is 14.9. The van der Waals surface area contributed by atoms with Gasteiger partial charge < -0.3 is 4.42 Å². The lowest BCUT2D eigenvalue weighted by atomic mass is 9.94. The van der Waals surface area contributed by atoms with Gasteiger partial charge in [0.15, 0.2) is 0 Å². The van der Waals surface area contributed by atoms with E-state index in [1.807, 2.05) is 24.3 Å². The fourth-order valence-electron chi connectivity index (χ4n) is 3.54. The second-order valence-electron chi connectivity index (χ2n) is 6.22. The molecule has 2 aromatic rings. The van der Waals surface area contributed by atoms with Crippen molar-refractivity contribution in [1.29, 1.82) is 0 Å². The summed E-state index contributed by atoms with van der Waals surface area (Å²) in [5, 5.41) is 0. The Morgan fingerprint density at radius 1 is 1.13 bits per heavy atom. The summed E-state index contributed by atoms with van der Waals surface area (Å²) < 4.78 is 35.4. The van der Waals surface area contributed by atoms with Crippen molar-refractivity contribution >= 4 is 10.2 Å². The van der Waals surface area contributed by atoms with Gasteiger partial charge in [0, 0.05) is 25.1 Å². The van der Waals surface area contributed by atoms with E-state index < -0.39 is 10.2 Å². The van der Waals surface area contributed by atoms with Crippen LogP contribution in [-0.4, -0.2) is 19.3 Å². The molecule has 2 aliphatic rings. The first-order chi connectivity index (χ1) is 11.1. The Bertz CT molecular complexity index is 813. The Labute approximate surface area is 136 Å². The average Bonchev–Trinajstić information content (AvgIpc) is 3.04. The maximum atomic E-state index is 12.8. The second-order valence-corrected chi connectivity index (χ2v) is 7.92. The summed E-state index contributed by atoms with van der Waals surface area (Å²) >= 11 is 0. The van der Waals surface area contributed by atoms with Gasteiger partial charge in [0.1, 0.15) is 5.76 Å². The van der Waals surface area contributed by atoms with Gasteiger partial charge in [-0.25, -0.2) is 0 Å². The summed E-state index contributed by atoms with van der Waals surface area (Å²) in [6.07, 6.45) is 5.05. The topological polar surface area (TPSA) is 62.6 Å². The van der Waals surface area contributed by atoms with Gasteiger partial charge in [-0.15, -0.1) is 0 Å². The average molecular weight is 332 g/mol. The molecule has 0 bridgehead atoms. The molecule has 23 heavy (non-hydrogen) atoms. The summed E-state index contributed by atoms with van der Waals surface area (Å²) in [6.45, 7) is 0.966. The number of hydrogen-bond donors (Lipinski definition) is 1. The van der Waals surface area contributed by atoms with Crippen molar-refractivity contribution in [2.75, 3.05) is 6.54 Å². The molecule has 1 atom stereocenters. The quantitative estimate of drug-likeness (QED) is 0.939. The van der Waals surface area contributed by atoms with Gasteiger partial charge >= 0.3 is 0 Å². The van der Waals surface area contributed by atoms with E-state index >= 15 is 0 Å². The van der Waals surface area contributed by atoms with Crippen LogP contribution < -0.4 is 4.72 Å². The van der Waals surface area contributed by atoms with Gasteiger partial charge in [-0.1, -0.05) is 24.3 Å². The van der Waals surface area contributed by atoms with Gasteiger partial charge in [-0.3, -0.25) is 0 Å².